The van der Waals surface area contributed by atoms with Gasteiger partial charge in [-0.05, 0) is 47.5 Å². The summed E-state index contributed by atoms with van der Waals surface area (Å²) >= 11 is 0. The largest absolute Gasteiger partial charge is 0.292 e. The predicted octanol–water partition coefficient (Wildman–Crippen LogP) is 10.3. The van der Waals surface area contributed by atoms with Crippen LogP contribution >= 0.6 is 0 Å². The van der Waals surface area contributed by atoms with Gasteiger partial charge in [-0.15, -0.1) is 0 Å². The Balaban J connectivity index is 1.29. The van der Waals surface area contributed by atoms with Crippen LogP contribution in [-0.2, 0) is 5.41 Å². The van der Waals surface area contributed by atoms with Gasteiger partial charge in [-0.1, -0.05) is 135 Å². The lowest BCUT2D eigenvalue weighted by Crippen LogP contribution is -2.31. The van der Waals surface area contributed by atoms with Gasteiger partial charge in [-0.3, -0.25) is 9.47 Å². The summed E-state index contributed by atoms with van der Waals surface area (Å²) < 4.78 is 2.27. The summed E-state index contributed by atoms with van der Waals surface area (Å²) in [6.07, 6.45) is 0. The number of anilines is 3. The molecule has 0 atom stereocenters. The van der Waals surface area contributed by atoms with Crippen molar-refractivity contribution < 1.29 is 0 Å². The van der Waals surface area contributed by atoms with Crippen molar-refractivity contribution in [3.05, 3.63) is 169 Å². The highest BCUT2D eigenvalue weighted by atomic mass is 15.3. The zero-order valence-electron chi connectivity index (χ0n) is 27.2. The second-order valence-corrected chi connectivity index (χ2v) is 12.8. The van der Waals surface area contributed by atoms with E-state index in [1.54, 1.807) is 0 Å². The number of rotatable bonds is 5. The second kappa shape index (κ2) is 11.4. The summed E-state index contributed by atoms with van der Waals surface area (Å²) in [5, 5.41) is 0. The van der Waals surface area contributed by atoms with E-state index in [0.29, 0.717) is 17.6 Å². The van der Waals surface area contributed by atoms with E-state index in [1.807, 2.05) is 72.8 Å². The zero-order valence-corrected chi connectivity index (χ0v) is 27.2. The summed E-state index contributed by atoms with van der Waals surface area (Å²) in [6.45, 7) is 4.60. The van der Waals surface area contributed by atoms with Crippen LogP contribution in [0.3, 0.4) is 0 Å². The fraction of sp³-hybridized carbons (Fsp3) is 0.0698. The molecule has 49 heavy (non-hydrogen) atoms. The average molecular weight is 633 g/mol. The highest BCUT2D eigenvalue weighted by Crippen LogP contribution is 2.52. The molecule has 0 N–H and O–H groups in total. The molecule has 234 valence electrons. The van der Waals surface area contributed by atoms with E-state index in [9.17, 15) is 0 Å². The summed E-state index contributed by atoms with van der Waals surface area (Å²) in [5.74, 6) is 2.73. The van der Waals surface area contributed by atoms with Crippen LogP contribution in [0.4, 0.5) is 17.3 Å². The summed E-state index contributed by atoms with van der Waals surface area (Å²) in [4.78, 5) is 22.6. The minimum absolute atomic E-state index is 0.320. The summed E-state index contributed by atoms with van der Waals surface area (Å²) in [7, 11) is 0. The van der Waals surface area contributed by atoms with Crippen molar-refractivity contribution in [1.82, 2.24) is 24.5 Å². The van der Waals surface area contributed by atoms with Crippen LogP contribution in [0.1, 0.15) is 25.0 Å². The monoisotopic (exact) mass is 632 g/mol. The van der Waals surface area contributed by atoms with Crippen molar-refractivity contribution >= 4 is 28.4 Å². The fourth-order valence-corrected chi connectivity index (χ4v) is 7.01. The van der Waals surface area contributed by atoms with E-state index in [1.165, 1.54) is 11.1 Å². The van der Waals surface area contributed by atoms with E-state index < -0.39 is 0 Å². The predicted molar refractivity (Wildman–Crippen MR) is 198 cm³/mol. The number of nitrogens with zero attached hydrogens (tertiary/aromatic N) is 6. The Morgan fingerprint density at radius 2 is 1.02 bits per heavy atom. The van der Waals surface area contributed by atoms with Gasteiger partial charge in [-0.2, -0.15) is 9.97 Å². The fourth-order valence-electron chi connectivity index (χ4n) is 7.01. The molecule has 6 heteroatoms. The maximum absolute atomic E-state index is 5.15. The number of fused-ring (bicyclic) bond motifs is 3. The molecule has 6 aromatic carbocycles. The lowest BCUT2D eigenvalue weighted by molar-refractivity contribution is 0.630. The van der Waals surface area contributed by atoms with Gasteiger partial charge < -0.3 is 0 Å². The van der Waals surface area contributed by atoms with Crippen LogP contribution in [-0.4, -0.2) is 24.5 Å². The van der Waals surface area contributed by atoms with Crippen molar-refractivity contribution in [3.63, 3.8) is 0 Å². The third-order valence-corrected chi connectivity index (χ3v) is 9.45. The normalized spacial score (nSPS) is 13.2. The van der Waals surface area contributed by atoms with Crippen molar-refractivity contribution in [2.24, 2.45) is 0 Å². The molecule has 8 aromatic rings. The maximum Gasteiger partial charge on any atom is 0.238 e. The first-order valence-corrected chi connectivity index (χ1v) is 16.5. The minimum atomic E-state index is -0.320. The Morgan fingerprint density at radius 3 is 1.69 bits per heavy atom. The molecule has 3 heterocycles. The minimum Gasteiger partial charge on any atom is -0.292 e. The van der Waals surface area contributed by atoms with Crippen LogP contribution in [0.2, 0.25) is 0 Å². The molecule has 0 unspecified atom stereocenters. The van der Waals surface area contributed by atoms with Crippen LogP contribution in [0.15, 0.2) is 158 Å². The number of hydrogen-bond donors (Lipinski definition) is 0. The molecular formula is C43H32N6. The molecule has 0 aliphatic carbocycles. The van der Waals surface area contributed by atoms with E-state index in [-0.39, 0.29) is 5.41 Å². The van der Waals surface area contributed by atoms with Gasteiger partial charge in [0.1, 0.15) is 5.82 Å². The van der Waals surface area contributed by atoms with Gasteiger partial charge in [0.25, 0.3) is 0 Å². The molecular weight excluding hydrogens is 601 g/mol. The number of para-hydroxylation sites is 3. The third-order valence-electron chi connectivity index (χ3n) is 9.45. The van der Waals surface area contributed by atoms with Gasteiger partial charge in [0.15, 0.2) is 11.6 Å². The lowest BCUT2D eigenvalue weighted by atomic mass is 9.73. The summed E-state index contributed by atoms with van der Waals surface area (Å²) in [6, 6.07) is 54.3. The first-order valence-electron chi connectivity index (χ1n) is 16.5. The smallest absolute Gasteiger partial charge is 0.238 e. The molecule has 1 aliphatic heterocycles. The lowest BCUT2D eigenvalue weighted by Gasteiger charge is -2.41. The van der Waals surface area contributed by atoms with Gasteiger partial charge >= 0.3 is 0 Å². The number of hydrogen-bond acceptors (Lipinski definition) is 5. The molecule has 0 spiro atoms. The SMILES string of the molecule is CC1(C)c2ccccc2N(c2nc(-c3ccccc3)nc(-c3ccccc3)n2)c2ccc(-n3c(-c4ccccc4)nc4ccccc43)cc21. The van der Waals surface area contributed by atoms with Gasteiger partial charge in [-0.25, -0.2) is 9.97 Å². The van der Waals surface area contributed by atoms with Crippen LogP contribution < -0.4 is 4.90 Å². The van der Waals surface area contributed by atoms with Gasteiger partial charge in [0.2, 0.25) is 5.95 Å². The third kappa shape index (κ3) is 4.80. The van der Waals surface area contributed by atoms with E-state index >= 15 is 0 Å². The molecule has 1 aliphatic rings. The van der Waals surface area contributed by atoms with Gasteiger partial charge in [0.05, 0.1) is 22.4 Å². The molecule has 0 saturated carbocycles. The number of benzene rings is 6. The Kier molecular flexibility index (Phi) is 6.69. The maximum atomic E-state index is 5.15. The standard InChI is InChI=1S/C43H32N6/c1-43(2)33-22-12-14-24-36(33)49(42-46-39(29-16-6-3-7-17-29)45-40(47-42)30-18-8-4-9-19-30)37-27-26-32(28-34(37)43)48-38-25-15-13-23-35(38)44-41(48)31-20-10-5-11-21-31/h3-28H,1-2H3. The van der Waals surface area contributed by atoms with Crippen molar-refractivity contribution in [1.29, 1.82) is 0 Å². The first kappa shape index (κ1) is 28.8. The second-order valence-electron chi connectivity index (χ2n) is 12.8. The molecule has 0 radical (unpaired) electrons. The Bertz CT molecular complexity index is 2410. The van der Waals surface area contributed by atoms with Crippen LogP contribution in [0.5, 0.6) is 0 Å². The molecule has 6 nitrogen and oxygen atoms in total. The first-order chi connectivity index (χ1) is 24.1. The van der Waals surface area contributed by atoms with Crippen molar-refractivity contribution in [2.45, 2.75) is 19.3 Å². The molecule has 0 saturated heterocycles. The molecule has 0 amide bonds. The average Bonchev–Trinajstić information content (AvgIpc) is 3.56. The quantitative estimate of drug-likeness (QED) is 0.189. The van der Waals surface area contributed by atoms with Crippen molar-refractivity contribution in [3.8, 4) is 39.9 Å². The van der Waals surface area contributed by atoms with E-state index in [0.717, 1.165) is 50.6 Å². The molecule has 0 fully saturated rings. The summed E-state index contributed by atoms with van der Waals surface area (Å²) in [5.41, 5.74) is 10.1. The Labute approximate surface area is 285 Å². The number of aromatic nitrogens is 5. The Morgan fingerprint density at radius 1 is 0.469 bits per heavy atom. The van der Waals surface area contributed by atoms with Crippen LogP contribution in [0.25, 0.3) is 50.9 Å². The van der Waals surface area contributed by atoms with Crippen LogP contribution in [0, 0.1) is 0 Å². The Hall–Kier alpha value is -6.40. The van der Waals surface area contributed by atoms with Gasteiger partial charge in [0, 0.05) is 27.8 Å². The molecule has 2 aromatic heterocycles. The highest BCUT2D eigenvalue weighted by molar-refractivity contribution is 5.87. The molecule has 9 rings (SSSR count). The number of imidazole rings is 1. The highest BCUT2D eigenvalue weighted by Gasteiger charge is 2.38. The van der Waals surface area contributed by atoms with E-state index in [4.69, 9.17) is 19.9 Å². The zero-order chi connectivity index (χ0) is 33.0. The molecule has 0 bridgehead atoms. The van der Waals surface area contributed by atoms with Crippen molar-refractivity contribution in [2.75, 3.05) is 4.90 Å². The topological polar surface area (TPSA) is 59.7 Å². The van der Waals surface area contributed by atoms with E-state index in [2.05, 4.69) is 108 Å².